The molecule has 1 heterocycles. The molecule has 1 aromatic heterocycles. The van der Waals surface area contributed by atoms with Crippen LogP contribution >= 0.6 is 11.6 Å². The van der Waals surface area contributed by atoms with Gasteiger partial charge in [-0.25, -0.2) is 0 Å². The quantitative estimate of drug-likeness (QED) is 0.907. The number of halogens is 1. The molecule has 0 radical (unpaired) electrons. The van der Waals surface area contributed by atoms with Gasteiger partial charge in [-0.1, -0.05) is 22.8 Å². The van der Waals surface area contributed by atoms with Gasteiger partial charge in [0, 0.05) is 17.0 Å². The summed E-state index contributed by atoms with van der Waals surface area (Å²) in [5, 5.41) is 4.58. The van der Waals surface area contributed by atoms with E-state index in [4.69, 9.17) is 21.9 Å². The molecule has 0 amide bonds. The molecule has 0 aliphatic rings. The first-order valence-electron chi connectivity index (χ1n) is 5.50. The van der Waals surface area contributed by atoms with Gasteiger partial charge >= 0.3 is 0 Å². The molecular formula is C12H14ClN3O. The Balaban J connectivity index is 2.27. The van der Waals surface area contributed by atoms with Crippen LogP contribution in [0.4, 0.5) is 0 Å². The van der Waals surface area contributed by atoms with Crippen LogP contribution in [0.15, 0.2) is 22.7 Å². The van der Waals surface area contributed by atoms with Crippen LogP contribution < -0.4 is 5.73 Å². The standard InChI is InChI=1S/C12H14ClN3O/c1-8-4-5-9(13)7-10(8)12-15-11(16-17-12)3-2-6-14/h4-5,7H,2-3,6,14H2,1H3. The first kappa shape index (κ1) is 12.1. The summed E-state index contributed by atoms with van der Waals surface area (Å²) in [5.74, 6) is 1.20. The highest BCUT2D eigenvalue weighted by Crippen LogP contribution is 2.25. The Kier molecular flexibility index (Phi) is 3.76. The molecule has 5 heteroatoms. The van der Waals surface area contributed by atoms with Crippen LogP contribution in [0.25, 0.3) is 11.5 Å². The van der Waals surface area contributed by atoms with Gasteiger partial charge in [-0.3, -0.25) is 0 Å². The van der Waals surface area contributed by atoms with E-state index in [1.54, 1.807) is 0 Å². The lowest BCUT2D eigenvalue weighted by Gasteiger charge is -2.00. The molecule has 0 spiro atoms. The van der Waals surface area contributed by atoms with E-state index in [2.05, 4.69) is 10.1 Å². The third kappa shape index (κ3) is 2.84. The lowest BCUT2D eigenvalue weighted by molar-refractivity contribution is 0.421. The minimum absolute atomic E-state index is 0.511. The van der Waals surface area contributed by atoms with Gasteiger partial charge in [0.05, 0.1) is 0 Å². The SMILES string of the molecule is Cc1ccc(Cl)cc1-c1nc(CCCN)no1. The maximum absolute atomic E-state index is 5.95. The minimum Gasteiger partial charge on any atom is -0.334 e. The Bertz CT molecular complexity index is 510. The van der Waals surface area contributed by atoms with Gasteiger partial charge in [0.1, 0.15) is 0 Å². The van der Waals surface area contributed by atoms with Gasteiger partial charge < -0.3 is 10.3 Å². The number of benzene rings is 1. The second-order valence-electron chi connectivity index (χ2n) is 3.87. The van der Waals surface area contributed by atoms with Crippen molar-refractivity contribution in [3.8, 4) is 11.5 Å². The zero-order valence-electron chi connectivity index (χ0n) is 9.61. The van der Waals surface area contributed by atoms with Crippen molar-refractivity contribution >= 4 is 11.6 Å². The zero-order chi connectivity index (χ0) is 12.3. The average Bonchev–Trinajstić information content (AvgIpc) is 2.78. The number of nitrogens with two attached hydrogens (primary N) is 1. The van der Waals surface area contributed by atoms with Crippen LogP contribution in [-0.4, -0.2) is 16.7 Å². The number of rotatable bonds is 4. The zero-order valence-corrected chi connectivity index (χ0v) is 10.4. The molecule has 0 fully saturated rings. The fourth-order valence-corrected chi connectivity index (χ4v) is 1.72. The highest BCUT2D eigenvalue weighted by Gasteiger charge is 2.11. The second-order valence-corrected chi connectivity index (χ2v) is 4.30. The van der Waals surface area contributed by atoms with Crippen molar-refractivity contribution in [1.82, 2.24) is 10.1 Å². The summed E-state index contributed by atoms with van der Waals surface area (Å²) in [6.07, 6.45) is 1.59. The van der Waals surface area contributed by atoms with Crippen molar-refractivity contribution in [2.75, 3.05) is 6.54 Å². The third-order valence-corrected chi connectivity index (χ3v) is 2.74. The predicted octanol–water partition coefficient (Wildman–Crippen LogP) is 2.59. The molecule has 1 aromatic carbocycles. The van der Waals surface area contributed by atoms with E-state index < -0.39 is 0 Å². The van der Waals surface area contributed by atoms with Crippen LogP contribution in [0.2, 0.25) is 5.02 Å². The lowest BCUT2D eigenvalue weighted by Crippen LogP contribution is -2.01. The normalized spacial score (nSPS) is 10.8. The van der Waals surface area contributed by atoms with Gasteiger partial charge in [0.25, 0.3) is 5.89 Å². The van der Waals surface area contributed by atoms with Crippen molar-refractivity contribution in [2.24, 2.45) is 5.73 Å². The summed E-state index contributed by atoms with van der Waals surface area (Å²) in [6.45, 7) is 2.61. The van der Waals surface area contributed by atoms with Crippen LogP contribution in [0.1, 0.15) is 17.8 Å². The molecule has 0 unspecified atom stereocenters. The molecule has 0 aliphatic carbocycles. The fourth-order valence-electron chi connectivity index (χ4n) is 1.55. The molecule has 0 saturated carbocycles. The second kappa shape index (κ2) is 5.29. The van der Waals surface area contributed by atoms with Crippen molar-refractivity contribution in [3.63, 3.8) is 0 Å². The molecule has 90 valence electrons. The number of aromatic nitrogens is 2. The Morgan fingerprint density at radius 1 is 1.41 bits per heavy atom. The summed E-state index contributed by atoms with van der Waals surface area (Å²) in [6, 6.07) is 5.60. The van der Waals surface area contributed by atoms with Gasteiger partial charge in [0.2, 0.25) is 0 Å². The van der Waals surface area contributed by atoms with Crippen molar-refractivity contribution in [3.05, 3.63) is 34.6 Å². The maximum atomic E-state index is 5.95. The highest BCUT2D eigenvalue weighted by molar-refractivity contribution is 6.30. The van der Waals surface area contributed by atoms with Gasteiger partial charge in [-0.15, -0.1) is 0 Å². The molecule has 2 N–H and O–H groups in total. The number of nitrogens with zero attached hydrogens (tertiary/aromatic N) is 2. The van der Waals surface area contributed by atoms with E-state index in [-0.39, 0.29) is 0 Å². The van der Waals surface area contributed by atoms with Gasteiger partial charge in [-0.2, -0.15) is 4.98 Å². The van der Waals surface area contributed by atoms with E-state index in [1.165, 1.54) is 0 Å². The number of hydrogen-bond acceptors (Lipinski definition) is 4. The average molecular weight is 252 g/mol. The Morgan fingerprint density at radius 2 is 2.24 bits per heavy atom. The molecule has 2 aromatic rings. The van der Waals surface area contributed by atoms with Crippen LogP contribution in [-0.2, 0) is 6.42 Å². The Hall–Kier alpha value is -1.39. The first-order chi connectivity index (χ1) is 8.20. The molecule has 0 atom stereocenters. The van der Waals surface area contributed by atoms with E-state index >= 15 is 0 Å². The highest BCUT2D eigenvalue weighted by atomic mass is 35.5. The maximum Gasteiger partial charge on any atom is 0.258 e. The smallest absolute Gasteiger partial charge is 0.258 e. The predicted molar refractivity (Wildman–Crippen MR) is 66.9 cm³/mol. The Labute approximate surface area is 105 Å². The van der Waals surface area contributed by atoms with Crippen LogP contribution in [0.3, 0.4) is 0 Å². The molecule has 2 rings (SSSR count). The van der Waals surface area contributed by atoms with Crippen LogP contribution in [0, 0.1) is 6.92 Å². The van der Waals surface area contributed by atoms with E-state index in [1.807, 2.05) is 25.1 Å². The lowest BCUT2D eigenvalue weighted by atomic mass is 10.1. The van der Waals surface area contributed by atoms with E-state index in [9.17, 15) is 0 Å². The summed E-state index contributed by atoms with van der Waals surface area (Å²) < 4.78 is 5.22. The minimum atomic E-state index is 0.511. The molecular weight excluding hydrogens is 238 g/mol. The topological polar surface area (TPSA) is 64.9 Å². The van der Waals surface area contributed by atoms with Crippen molar-refractivity contribution in [2.45, 2.75) is 19.8 Å². The molecule has 0 aliphatic heterocycles. The number of aryl methyl sites for hydroxylation is 2. The fraction of sp³-hybridized carbons (Fsp3) is 0.333. The van der Waals surface area contributed by atoms with Crippen molar-refractivity contribution < 1.29 is 4.52 Å². The summed E-state index contributed by atoms with van der Waals surface area (Å²) in [7, 11) is 0. The molecule has 0 saturated heterocycles. The largest absolute Gasteiger partial charge is 0.334 e. The van der Waals surface area contributed by atoms with Crippen molar-refractivity contribution in [1.29, 1.82) is 0 Å². The third-order valence-electron chi connectivity index (χ3n) is 2.50. The Morgan fingerprint density at radius 3 is 3.00 bits per heavy atom. The molecule has 0 bridgehead atoms. The summed E-state index contributed by atoms with van der Waals surface area (Å²) in [5.41, 5.74) is 7.37. The van der Waals surface area contributed by atoms with Crippen LogP contribution in [0.5, 0.6) is 0 Å². The summed E-state index contributed by atoms with van der Waals surface area (Å²) >= 11 is 5.95. The van der Waals surface area contributed by atoms with E-state index in [0.29, 0.717) is 23.3 Å². The van der Waals surface area contributed by atoms with Gasteiger partial charge in [0.15, 0.2) is 5.82 Å². The molecule has 4 nitrogen and oxygen atoms in total. The molecule has 17 heavy (non-hydrogen) atoms. The van der Waals surface area contributed by atoms with Gasteiger partial charge in [-0.05, 0) is 37.6 Å². The first-order valence-corrected chi connectivity index (χ1v) is 5.87. The summed E-state index contributed by atoms with van der Waals surface area (Å²) in [4.78, 5) is 4.33. The monoisotopic (exact) mass is 251 g/mol. The number of hydrogen-bond donors (Lipinski definition) is 1. The van der Waals surface area contributed by atoms with E-state index in [0.717, 1.165) is 24.0 Å².